The quantitative estimate of drug-likeness (QED) is 0.924. The summed E-state index contributed by atoms with van der Waals surface area (Å²) in [5.41, 5.74) is 1.02. The minimum Gasteiger partial charge on any atom is -0.341 e. The van der Waals surface area contributed by atoms with Gasteiger partial charge in [0, 0.05) is 51.2 Å². The molecule has 0 radical (unpaired) electrons. The van der Waals surface area contributed by atoms with E-state index in [2.05, 4.69) is 27.0 Å². The monoisotopic (exact) mass is 316 g/mol. The van der Waals surface area contributed by atoms with Crippen LogP contribution in [-0.4, -0.2) is 59.5 Å². The first kappa shape index (κ1) is 16.4. The molecule has 2 aliphatic rings. The number of hydrogen-bond acceptors (Lipinski definition) is 4. The summed E-state index contributed by atoms with van der Waals surface area (Å²) in [6.45, 7) is 6.73. The molecule has 0 saturated carbocycles. The molecule has 5 heteroatoms. The number of pyridine rings is 1. The topological polar surface area (TPSA) is 48.5 Å². The predicted molar refractivity (Wildman–Crippen MR) is 91.1 cm³/mol. The highest BCUT2D eigenvalue weighted by atomic mass is 16.2. The lowest BCUT2D eigenvalue weighted by Gasteiger charge is -2.39. The zero-order valence-corrected chi connectivity index (χ0v) is 14.1. The van der Waals surface area contributed by atoms with Gasteiger partial charge in [-0.25, -0.2) is 0 Å². The highest BCUT2D eigenvalue weighted by Crippen LogP contribution is 2.25. The van der Waals surface area contributed by atoms with Gasteiger partial charge in [-0.15, -0.1) is 0 Å². The van der Waals surface area contributed by atoms with E-state index in [4.69, 9.17) is 0 Å². The molecule has 2 atom stereocenters. The number of rotatable bonds is 3. The maximum absolute atomic E-state index is 13.3. The van der Waals surface area contributed by atoms with Crippen LogP contribution in [0.5, 0.6) is 0 Å². The van der Waals surface area contributed by atoms with Crippen LogP contribution in [0.3, 0.4) is 0 Å². The summed E-state index contributed by atoms with van der Waals surface area (Å²) in [5.74, 6) is 0.258. The van der Waals surface area contributed by atoms with Gasteiger partial charge in [-0.05, 0) is 31.4 Å². The Hall–Kier alpha value is -1.46. The minimum atomic E-state index is -0.189. The fourth-order valence-corrected chi connectivity index (χ4v) is 3.71. The van der Waals surface area contributed by atoms with Crippen molar-refractivity contribution in [2.24, 2.45) is 0 Å². The number of nitrogens with one attached hydrogen (secondary N) is 1. The average molecular weight is 316 g/mol. The standard InChI is InChI=1S/C18H28N4O/c1-15-14-22(12-9-20-15)17(16-7-6-8-19-13-16)18(23)21-10-4-2-3-5-11-21/h6-8,13,15,17,20H,2-5,9-12,14H2,1H3. The zero-order valence-electron chi connectivity index (χ0n) is 14.1. The van der Waals surface area contributed by atoms with Crippen molar-refractivity contribution in [3.8, 4) is 0 Å². The SMILES string of the molecule is CC1CN(C(C(=O)N2CCCCCC2)c2cccnc2)CCN1. The molecule has 0 bridgehead atoms. The van der Waals surface area contributed by atoms with E-state index < -0.39 is 0 Å². The van der Waals surface area contributed by atoms with Gasteiger partial charge in [-0.2, -0.15) is 0 Å². The van der Waals surface area contributed by atoms with Crippen molar-refractivity contribution in [1.29, 1.82) is 0 Å². The number of likely N-dealkylation sites (tertiary alicyclic amines) is 1. The van der Waals surface area contributed by atoms with Crippen LogP contribution in [0.1, 0.15) is 44.2 Å². The van der Waals surface area contributed by atoms with Gasteiger partial charge in [-0.1, -0.05) is 18.9 Å². The number of amides is 1. The van der Waals surface area contributed by atoms with Crippen molar-refractivity contribution in [2.45, 2.75) is 44.7 Å². The summed E-state index contributed by atoms with van der Waals surface area (Å²) < 4.78 is 0. The van der Waals surface area contributed by atoms with E-state index >= 15 is 0 Å². The second-order valence-corrected chi connectivity index (χ2v) is 6.78. The summed E-state index contributed by atoms with van der Waals surface area (Å²) in [7, 11) is 0. The Morgan fingerprint density at radius 1 is 1.26 bits per heavy atom. The number of nitrogens with zero attached hydrogens (tertiary/aromatic N) is 3. The molecule has 2 unspecified atom stereocenters. The number of piperazine rings is 1. The first-order valence-electron chi connectivity index (χ1n) is 8.92. The molecule has 3 rings (SSSR count). The third-order valence-electron chi connectivity index (χ3n) is 4.92. The van der Waals surface area contributed by atoms with Gasteiger partial charge in [0.2, 0.25) is 5.91 Å². The van der Waals surface area contributed by atoms with Gasteiger partial charge in [-0.3, -0.25) is 14.7 Å². The summed E-state index contributed by atoms with van der Waals surface area (Å²) in [4.78, 5) is 22.0. The highest BCUT2D eigenvalue weighted by Gasteiger charge is 2.33. The third-order valence-corrected chi connectivity index (χ3v) is 4.92. The Morgan fingerprint density at radius 3 is 2.70 bits per heavy atom. The molecule has 1 aromatic rings. The van der Waals surface area contributed by atoms with Crippen LogP contribution >= 0.6 is 0 Å². The first-order chi connectivity index (χ1) is 11.3. The molecule has 3 heterocycles. The fraction of sp³-hybridized carbons (Fsp3) is 0.667. The fourth-order valence-electron chi connectivity index (χ4n) is 3.71. The van der Waals surface area contributed by atoms with Crippen LogP contribution in [0.25, 0.3) is 0 Å². The van der Waals surface area contributed by atoms with E-state index in [1.54, 1.807) is 6.20 Å². The maximum atomic E-state index is 13.3. The van der Waals surface area contributed by atoms with Gasteiger partial charge < -0.3 is 10.2 Å². The van der Waals surface area contributed by atoms with Gasteiger partial charge in [0.1, 0.15) is 6.04 Å². The minimum absolute atomic E-state index is 0.189. The van der Waals surface area contributed by atoms with Gasteiger partial charge in [0.25, 0.3) is 0 Å². The van der Waals surface area contributed by atoms with E-state index in [9.17, 15) is 4.79 Å². The van der Waals surface area contributed by atoms with E-state index in [0.717, 1.165) is 51.1 Å². The van der Waals surface area contributed by atoms with Gasteiger partial charge in [0.15, 0.2) is 0 Å². The molecule has 2 fully saturated rings. The van der Waals surface area contributed by atoms with Crippen molar-refractivity contribution in [3.05, 3.63) is 30.1 Å². The van der Waals surface area contributed by atoms with Crippen molar-refractivity contribution in [2.75, 3.05) is 32.7 Å². The van der Waals surface area contributed by atoms with Gasteiger partial charge >= 0.3 is 0 Å². The molecule has 126 valence electrons. The lowest BCUT2D eigenvalue weighted by molar-refractivity contribution is -0.137. The number of carbonyl (C=O) groups excluding carboxylic acids is 1. The Kier molecular flexibility index (Phi) is 5.62. The Labute approximate surface area is 139 Å². The molecular weight excluding hydrogens is 288 g/mol. The molecule has 2 aliphatic heterocycles. The second-order valence-electron chi connectivity index (χ2n) is 6.78. The molecule has 2 saturated heterocycles. The highest BCUT2D eigenvalue weighted by molar-refractivity contribution is 5.83. The molecule has 0 aromatic carbocycles. The zero-order chi connectivity index (χ0) is 16.1. The molecule has 5 nitrogen and oxygen atoms in total. The van der Waals surface area contributed by atoms with E-state index in [1.807, 2.05) is 18.3 Å². The second kappa shape index (κ2) is 7.88. The lowest BCUT2D eigenvalue weighted by Crippen LogP contribution is -2.53. The van der Waals surface area contributed by atoms with Crippen LogP contribution in [0.2, 0.25) is 0 Å². The Bertz CT molecular complexity index is 499. The number of aromatic nitrogens is 1. The normalized spacial score (nSPS) is 24.9. The van der Waals surface area contributed by atoms with Crippen molar-refractivity contribution in [3.63, 3.8) is 0 Å². The lowest BCUT2D eigenvalue weighted by atomic mass is 10.0. The number of hydrogen-bond donors (Lipinski definition) is 1. The molecule has 0 aliphatic carbocycles. The summed E-state index contributed by atoms with van der Waals surface area (Å²) >= 11 is 0. The Balaban J connectivity index is 1.83. The van der Waals surface area contributed by atoms with Crippen molar-refractivity contribution < 1.29 is 4.79 Å². The van der Waals surface area contributed by atoms with E-state index in [-0.39, 0.29) is 11.9 Å². The van der Waals surface area contributed by atoms with Crippen LogP contribution in [0.4, 0.5) is 0 Å². The molecular formula is C18H28N4O. The molecule has 1 amide bonds. The summed E-state index contributed by atoms with van der Waals surface area (Å²) in [6, 6.07) is 4.20. The molecule has 1 aromatic heterocycles. The first-order valence-corrected chi connectivity index (χ1v) is 8.92. The predicted octanol–water partition coefficient (Wildman–Crippen LogP) is 1.82. The van der Waals surface area contributed by atoms with Crippen LogP contribution in [0.15, 0.2) is 24.5 Å². The van der Waals surface area contributed by atoms with Gasteiger partial charge in [0.05, 0.1) is 0 Å². The molecule has 23 heavy (non-hydrogen) atoms. The van der Waals surface area contributed by atoms with Crippen LogP contribution < -0.4 is 5.32 Å². The van der Waals surface area contributed by atoms with E-state index in [0.29, 0.717) is 6.04 Å². The Morgan fingerprint density at radius 2 is 2.04 bits per heavy atom. The average Bonchev–Trinajstić information content (AvgIpc) is 2.85. The van der Waals surface area contributed by atoms with E-state index in [1.165, 1.54) is 12.8 Å². The summed E-state index contributed by atoms with van der Waals surface area (Å²) in [5, 5.41) is 3.46. The molecule has 0 spiro atoms. The third kappa shape index (κ3) is 4.09. The summed E-state index contributed by atoms with van der Waals surface area (Å²) in [6.07, 6.45) is 8.37. The number of carbonyl (C=O) groups is 1. The van der Waals surface area contributed by atoms with Crippen molar-refractivity contribution in [1.82, 2.24) is 20.1 Å². The maximum Gasteiger partial charge on any atom is 0.244 e. The smallest absolute Gasteiger partial charge is 0.244 e. The largest absolute Gasteiger partial charge is 0.341 e. The van der Waals surface area contributed by atoms with Crippen LogP contribution in [-0.2, 0) is 4.79 Å². The van der Waals surface area contributed by atoms with Crippen molar-refractivity contribution >= 4 is 5.91 Å². The van der Waals surface area contributed by atoms with Crippen LogP contribution in [0, 0.1) is 0 Å². The molecule has 1 N–H and O–H groups in total.